The lowest BCUT2D eigenvalue weighted by atomic mass is 10.1. The van der Waals surface area contributed by atoms with E-state index in [9.17, 15) is 13.6 Å². The van der Waals surface area contributed by atoms with E-state index >= 15 is 0 Å². The highest BCUT2D eigenvalue weighted by Gasteiger charge is 2.20. The van der Waals surface area contributed by atoms with Crippen LogP contribution in [0.15, 0.2) is 12.1 Å². The monoisotopic (exact) mass is 259 g/mol. The van der Waals surface area contributed by atoms with Crippen LogP contribution in [-0.4, -0.2) is 37.9 Å². The number of aromatic carboxylic acids is 1. The molecular weight excluding hydrogens is 244 g/mol. The number of anilines is 1. The van der Waals surface area contributed by atoms with Gasteiger partial charge in [-0.2, -0.15) is 0 Å². The molecule has 0 saturated heterocycles. The summed E-state index contributed by atoms with van der Waals surface area (Å²) in [6, 6.07) is 1.36. The van der Waals surface area contributed by atoms with Crippen molar-refractivity contribution in [1.82, 2.24) is 0 Å². The maximum absolute atomic E-state index is 13.7. The molecule has 4 nitrogen and oxygen atoms in total. The lowest BCUT2D eigenvalue weighted by Crippen LogP contribution is -2.34. The smallest absolute Gasteiger partial charge is 0.335 e. The zero-order chi connectivity index (χ0) is 13.9. The Labute approximate surface area is 104 Å². The molecule has 0 saturated carbocycles. The summed E-state index contributed by atoms with van der Waals surface area (Å²) in [4.78, 5) is 12.0. The van der Waals surface area contributed by atoms with Crippen LogP contribution in [-0.2, 0) is 4.74 Å². The summed E-state index contributed by atoms with van der Waals surface area (Å²) in [7, 11) is 3.01. The lowest BCUT2D eigenvalue weighted by molar-refractivity contribution is 0.0695. The van der Waals surface area contributed by atoms with Crippen LogP contribution >= 0.6 is 0 Å². The van der Waals surface area contributed by atoms with Gasteiger partial charge in [-0.3, -0.25) is 0 Å². The van der Waals surface area contributed by atoms with Gasteiger partial charge in [0, 0.05) is 20.2 Å². The van der Waals surface area contributed by atoms with Crippen molar-refractivity contribution >= 4 is 11.7 Å². The number of ether oxygens (including phenoxy) is 1. The molecule has 0 aromatic heterocycles. The van der Waals surface area contributed by atoms with Crippen molar-refractivity contribution in [2.75, 3.05) is 25.7 Å². The molecule has 1 rings (SSSR count). The Morgan fingerprint density at radius 3 is 2.33 bits per heavy atom. The number of rotatable bonds is 5. The molecule has 1 aromatic rings. The Morgan fingerprint density at radius 1 is 1.44 bits per heavy atom. The van der Waals surface area contributed by atoms with Gasteiger partial charge < -0.3 is 14.7 Å². The zero-order valence-electron chi connectivity index (χ0n) is 10.4. The van der Waals surface area contributed by atoms with Crippen LogP contribution in [0.1, 0.15) is 17.3 Å². The molecule has 0 bridgehead atoms. The Hall–Kier alpha value is -1.69. The van der Waals surface area contributed by atoms with Crippen molar-refractivity contribution < 1.29 is 23.4 Å². The van der Waals surface area contributed by atoms with Gasteiger partial charge in [-0.05, 0) is 19.1 Å². The standard InChI is InChI=1S/C12H15F2NO3/c1-7(6-18-3)15(2)11-9(13)4-8(12(16)17)5-10(11)14/h4-5,7H,6H2,1-3H3,(H,16,17). The number of carbonyl (C=O) groups is 1. The highest BCUT2D eigenvalue weighted by atomic mass is 19.1. The maximum atomic E-state index is 13.7. The SMILES string of the molecule is COCC(C)N(C)c1c(F)cc(C(=O)O)cc1F. The topological polar surface area (TPSA) is 49.8 Å². The minimum Gasteiger partial charge on any atom is -0.478 e. The zero-order valence-corrected chi connectivity index (χ0v) is 10.4. The Balaban J connectivity index is 3.13. The maximum Gasteiger partial charge on any atom is 0.335 e. The van der Waals surface area contributed by atoms with Gasteiger partial charge in [0.2, 0.25) is 0 Å². The molecule has 1 aromatic carbocycles. The molecule has 100 valence electrons. The van der Waals surface area contributed by atoms with Crippen LogP contribution in [0.25, 0.3) is 0 Å². The average Bonchev–Trinajstić information content (AvgIpc) is 2.27. The minimum atomic E-state index is -1.37. The van der Waals surface area contributed by atoms with Crippen molar-refractivity contribution in [3.05, 3.63) is 29.3 Å². The summed E-state index contributed by atoms with van der Waals surface area (Å²) in [5, 5.41) is 8.69. The van der Waals surface area contributed by atoms with E-state index in [-0.39, 0.29) is 11.7 Å². The van der Waals surface area contributed by atoms with Gasteiger partial charge in [0.1, 0.15) is 17.3 Å². The first kappa shape index (κ1) is 14.4. The van der Waals surface area contributed by atoms with Crippen LogP contribution in [0.3, 0.4) is 0 Å². The molecule has 1 N–H and O–H groups in total. The van der Waals surface area contributed by atoms with E-state index in [4.69, 9.17) is 9.84 Å². The number of halogens is 2. The molecule has 0 heterocycles. The van der Waals surface area contributed by atoms with E-state index in [1.807, 2.05) is 0 Å². The molecule has 0 aliphatic carbocycles. The summed E-state index contributed by atoms with van der Waals surface area (Å²) in [6.07, 6.45) is 0. The number of hydrogen-bond donors (Lipinski definition) is 1. The van der Waals surface area contributed by atoms with E-state index in [0.29, 0.717) is 6.61 Å². The van der Waals surface area contributed by atoms with Crippen LogP contribution < -0.4 is 4.90 Å². The van der Waals surface area contributed by atoms with Crippen LogP contribution in [0.2, 0.25) is 0 Å². The molecule has 1 unspecified atom stereocenters. The summed E-state index contributed by atoms with van der Waals surface area (Å²) in [5.74, 6) is -3.18. The van der Waals surface area contributed by atoms with Crippen molar-refractivity contribution in [2.45, 2.75) is 13.0 Å². The molecule has 0 aliphatic heterocycles. The Morgan fingerprint density at radius 2 is 1.94 bits per heavy atom. The molecular formula is C12H15F2NO3. The third kappa shape index (κ3) is 2.95. The van der Waals surface area contributed by atoms with Gasteiger partial charge in [0.25, 0.3) is 0 Å². The summed E-state index contributed by atoms with van der Waals surface area (Å²) < 4.78 is 32.4. The third-order valence-electron chi connectivity index (χ3n) is 2.69. The number of carboxylic acid groups (broad SMARTS) is 1. The molecule has 6 heteroatoms. The van der Waals surface area contributed by atoms with Gasteiger partial charge in [-0.1, -0.05) is 0 Å². The van der Waals surface area contributed by atoms with Gasteiger partial charge in [-0.15, -0.1) is 0 Å². The summed E-state index contributed by atoms with van der Waals surface area (Å²) >= 11 is 0. The summed E-state index contributed by atoms with van der Waals surface area (Å²) in [5.41, 5.74) is -0.675. The number of benzene rings is 1. The average molecular weight is 259 g/mol. The predicted molar refractivity (Wildman–Crippen MR) is 63.1 cm³/mol. The Bertz CT molecular complexity index is 428. The number of hydrogen-bond acceptors (Lipinski definition) is 3. The second-order valence-corrected chi connectivity index (χ2v) is 4.01. The molecule has 18 heavy (non-hydrogen) atoms. The van der Waals surface area contributed by atoms with Gasteiger partial charge in [-0.25, -0.2) is 13.6 Å². The first-order chi connectivity index (χ1) is 8.38. The fourth-order valence-electron chi connectivity index (χ4n) is 1.60. The van der Waals surface area contributed by atoms with Gasteiger partial charge >= 0.3 is 5.97 Å². The lowest BCUT2D eigenvalue weighted by Gasteiger charge is -2.27. The van der Waals surface area contributed by atoms with Crippen LogP contribution in [0.4, 0.5) is 14.5 Å². The fraction of sp³-hybridized carbons (Fsp3) is 0.417. The van der Waals surface area contributed by atoms with E-state index < -0.39 is 23.2 Å². The van der Waals surface area contributed by atoms with E-state index in [0.717, 1.165) is 12.1 Å². The van der Waals surface area contributed by atoms with E-state index in [1.54, 1.807) is 6.92 Å². The highest BCUT2D eigenvalue weighted by Crippen LogP contribution is 2.25. The third-order valence-corrected chi connectivity index (χ3v) is 2.69. The molecule has 1 atom stereocenters. The fourth-order valence-corrected chi connectivity index (χ4v) is 1.60. The number of nitrogens with zero attached hydrogens (tertiary/aromatic N) is 1. The van der Waals surface area contributed by atoms with Crippen molar-refractivity contribution in [2.24, 2.45) is 0 Å². The quantitative estimate of drug-likeness (QED) is 0.880. The van der Waals surface area contributed by atoms with E-state index in [2.05, 4.69) is 0 Å². The van der Waals surface area contributed by atoms with Crippen molar-refractivity contribution in [1.29, 1.82) is 0 Å². The first-order valence-electron chi connectivity index (χ1n) is 5.32. The number of methoxy groups -OCH3 is 1. The van der Waals surface area contributed by atoms with Crippen LogP contribution in [0, 0.1) is 11.6 Å². The van der Waals surface area contributed by atoms with Gasteiger partial charge in [0.05, 0.1) is 12.2 Å². The second-order valence-electron chi connectivity index (χ2n) is 4.01. The number of likely N-dealkylation sites (N-methyl/N-ethyl adjacent to an activating group) is 1. The molecule has 0 amide bonds. The normalized spacial score (nSPS) is 12.3. The largest absolute Gasteiger partial charge is 0.478 e. The number of carboxylic acids is 1. The van der Waals surface area contributed by atoms with Crippen molar-refractivity contribution in [3.63, 3.8) is 0 Å². The minimum absolute atomic E-state index is 0.241. The molecule has 0 radical (unpaired) electrons. The first-order valence-corrected chi connectivity index (χ1v) is 5.32. The molecule has 0 spiro atoms. The predicted octanol–water partition coefficient (Wildman–Crippen LogP) is 2.13. The Kier molecular flexibility index (Phi) is 4.61. The second kappa shape index (κ2) is 5.77. The summed E-state index contributed by atoms with van der Waals surface area (Å²) in [6.45, 7) is 2.05. The van der Waals surface area contributed by atoms with Crippen LogP contribution in [0.5, 0.6) is 0 Å². The molecule has 0 fully saturated rings. The van der Waals surface area contributed by atoms with Crippen molar-refractivity contribution in [3.8, 4) is 0 Å². The molecule has 0 aliphatic rings. The highest BCUT2D eigenvalue weighted by molar-refractivity contribution is 5.88. The van der Waals surface area contributed by atoms with Gasteiger partial charge in [0.15, 0.2) is 0 Å². The van der Waals surface area contributed by atoms with E-state index in [1.165, 1.54) is 19.1 Å².